The molecular formula is C18H21FN4O2. The largest absolute Gasteiger partial charge is 0.419 e. The molecule has 0 saturated carbocycles. The summed E-state index contributed by atoms with van der Waals surface area (Å²) in [4.78, 5) is 16.8. The fraction of sp³-hybridized carbons (Fsp3) is 0.500. The maximum absolute atomic E-state index is 13.4. The molecule has 1 aromatic carbocycles. The first kappa shape index (κ1) is 16.2. The van der Waals surface area contributed by atoms with Gasteiger partial charge in [0.25, 0.3) is 0 Å². The van der Waals surface area contributed by atoms with Crippen LogP contribution in [0.3, 0.4) is 0 Å². The predicted molar refractivity (Wildman–Crippen MR) is 88.9 cm³/mol. The molecule has 2 aromatic rings. The number of rotatable bonds is 3. The fourth-order valence-electron chi connectivity index (χ4n) is 4.08. The zero-order valence-electron chi connectivity index (χ0n) is 14.2. The molecule has 1 atom stereocenters. The Balaban J connectivity index is 1.55. The summed E-state index contributed by atoms with van der Waals surface area (Å²) in [5.74, 6) is 0.615. The number of carbonyl (C=O) groups excluding carboxylic acids is 1. The van der Waals surface area contributed by atoms with Gasteiger partial charge in [0.05, 0.1) is 6.54 Å². The van der Waals surface area contributed by atoms with Crippen LogP contribution in [0.1, 0.15) is 31.6 Å². The van der Waals surface area contributed by atoms with Crippen molar-refractivity contribution in [2.24, 2.45) is 0 Å². The Bertz CT molecular complexity index is 793. The molecule has 2 aliphatic rings. The summed E-state index contributed by atoms with van der Waals surface area (Å²) in [7, 11) is 1.87. The second-order valence-corrected chi connectivity index (χ2v) is 6.90. The van der Waals surface area contributed by atoms with Gasteiger partial charge < -0.3 is 9.32 Å². The summed E-state index contributed by atoms with van der Waals surface area (Å²) in [6, 6.07) is 6.09. The van der Waals surface area contributed by atoms with E-state index in [2.05, 4.69) is 15.1 Å². The van der Waals surface area contributed by atoms with Gasteiger partial charge in [0, 0.05) is 19.2 Å². The number of benzene rings is 1. The molecule has 2 aliphatic heterocycles. The highest BCUT2D eigenvalue weighted by atomic mass is 19.1. The quantitative estimate of drug-likeness (QED) is 0.856. The van der Waals surface area contributed by atoms with Crippen LogP contribution in [-0.2, 0) is 11.3 Å². The minimum Gasteiger partial charge on any atom is -0.419 e. The predicted octanol–water partition coefficient (Wildman–Crippen LogP) is 2.46. The molecule has 2 saturated heterocycles. The summed E-state index contributed by atoms with van der Waals surface area (Å²) < 4.78 is 19.1. The molecule has 25 heavy (non-hydrogen) atoms. The number of hydrogen-bond acceptors (Lipinski definition) is 5. The van der Waals surface area contributed by atoms with Gasteiger partial charge in [-0.1, -0.05) is 6.07 Å². The van der Waals surface area contributed by atoms with Crippen LogP contribution < -0.4 is 0 Å². The number of aromatic nitrogens is 2. The molecule has 1 amide bonds. The third-order valence-corrected chi connectivity index (χ3v) is 5.32. The number of hydrogen-bond donors (Lipinski definition) is 0. The first-order chi connectivity index (χ1) is 12.1. The Hall–Kier alpha value is -2.28. The van der Waals surface area contributed by atoms with E-state index in [-0.39, 0.29) is 11.7 Å². The number of piperidine rings is 1. The molecule has 6 nitrogen and oxygen atoms in total. The normalized spacial score (nSPS) is 24.4. The maximum atomic E-state index is 13.4. The number of likely N-dealkylation sites (tertiary alicyclic amines) is 2. The highest BCUT2D eigenvalue weighted by Gasteiger charge is 2.50. The van der Waals surface area contributed by atoms with Crippen molar-refractivity contribution < 1.29 is 13.6 Å². The number of nitrogens with zero attached hydrogens (tertiary/aromatic N) is 4. The van der Waals surface area contributed by atoms with Crippen LogP contribution in [-0.4, -0.2) is 51.6 Å². The van der Waals surface area contributed by atoms with Gasteiger partial charge in [0.15, 0.2) is 0 Å². The summed E-state index contributed by atoms with van der Waals surface area (Å²) in [5.41, 5.74) is 0.129. The zero-order chi connectivity index (χ0) is 17.4. The highest BCUT2D eigenvalue weighted by Crippen LogP contribution is 2.38. The van der Waals surface area contributed by atoms with E-state index < -0.39 is 5.54 Å². The standard InChI is InChI=1S/C18H21FN4O2/c1-22-9-3-7-18(17(22)24)8-4-10-23(18)12-15-20-21-16(25-15)13-5-2-6-14(19)11-13/h2,5-6,11H,3-4,7-10,12H2,1H3. The molecule has 1 aromatic heterocycles. The molecule has 132 valence electrons. The smallest absolute Gasteiger partial charge is 0.247 e. The molecule has 1 spiro atoms. The van der Waals surface area contributed by atoms with Crippen LogP contribution in [0.5, 0.6) is 0 Å². The molecule has 0 radical (unpaired) electrons. The lowest BCUT2D eigenvalue weighted by Crippen LogP contribution is -2.58. The number of carbonyl (C=O) groups is 1. The lowest BCUT2D eigenvalue weighted by Gasteiger charge is -2.43. The lowest BCUT2D eigenvalue weighted by atomic mass is 9.85. The van der Waals surface area contributed by atoms with Crippen LogP contribution >= 0.6 is 0 Å². The molecule has 2 fully saturated rings. The summed E-state index contributed by atoms with van der Waals surface area (Å²) in [6.45, 7) is 2.11. The SMILES string of the molecule is CN1CCCC2(CCCN2Cc2nnc(-c3cccc(F)c3)o2)C1=O. The van der Waals surface area contributed by atoms with Gasteiger partial charge in [-0.2, -0.15) is 0 Å². The second kappa shape index (κ2) is 6.22. The topological polar surface area (TPSA) is 62.5 Å². The monoisotopic (exact) mass is 344 g/mol. The Morgan fingerprint density at radius 3 is 2.84 bits per heavy atom. The van der Waals surface area contributed by atoms with Crippen LogP contribution in [0, 0.1) is 5.82 Å². The number of likely N-dealkylation sites (N-methyl/N-ethyl adjacent to an activating group) is 1. The molecule has 7 heteroatoms. The van der Waals surface area contributed by atoms with Crippen molar-refractivity contribution in [2.75, 3.05) is 20.1 Å². The fourth-order valence-corrected chi connectivity index (χ4v) is 4.08. The van der Waals surface area contributed by atoms with Gasteiger partial charge >= 0.3 is 0 Å². The Kier molecular flexibility index (Phi) is 4.03. The Morgan fingerprint density at radius 2 is 2.04 bits per heavy atom. The van der Waals surface area contributed by atoms with Crippen molar-refractivity contribution >= 4 is 5.91 Å². The molecule has 0 N–H and O–H groups in total. The van der Waals surface area contributed by atoms with Gasteiger partial charge in [-0.25, -0.2) is 4.39 Å². The van der Waals surface area contributed by atoms with Gasteiger partial charge in [0.1, 0.15) is 11.4 Å². The van der Waals surface area contributed by atoms with Crippen molar-refractivity contribution in [3.05, 3.63) is 36.0 Å². The van der Waals surface area contributed by atoms with Gasteiger partial charge in [-0.3, -0.25) is 9.69 Å². The van der Waals surface area contributed by atoms with Gasteiger partial charge in [0.2, 0.25) is 17.7 Å². The molecule has 4 rings (SSSR count). The number of halogens is 1. The number of amides is 1. The van der Waals surface area contributed by atoms with E-state index in [0.717, 1.165) is 38.8 Å². The van der Waals surface area contributed by atoms with Gasteiger partial charge in [-0.05, 0) is 50.4 Å². The van der Waals surface area contributed by atoms with E-state index in [1.807, 2.05) is 11.9 Å². The van der Waals surface area contributed by atoms with Crippen LogP contribution in [0.15, 0.2) is 28.7 Å². The highest BCUT2D eigenvalue weighted by molar-refractivity contribution is 5.87. The Morgan fingerprint density at radius 1 is 1.24 bits per heavy atom. The molecule has 3 heterocycles. The molecule has 0 bridgehead atoms. The Labute approximate surface area is 145 Å². The van der Waals surface area contributed by atoms with Crippen molar-refractivity contribution in [2.45, 2.75) is 37.8 Å². The van der Waals surface area contributed by atoms with Crippen LogP contribution in [0.2, 0.25) is 0 Å². The molecule has 0 aliphatic carbocycles. The molecule has 1 unspecified atom stereocenters. The van der Waals surface area contributed by atoms with Crippen molar-refractivity contribution in [3.8, 4) is 11.5 Å². The molecular weight excluding hydrogens is 323 g/mol. The van der Waals surface area contributed by atoms with Crippen molar-refractivity contribution in [1.29, 1.82) is 0 Å². The van der Waals surface area contributed by atoms with E-state index in [4.69, 9.17) is 4.42 Å². The maximum Gasteiger partial charge on any atom is 0.247 e. The van der Waals surface area contributed by atoms with E-state index in [0.29, 0.717) is 23.9 Å². The summed E-state index contributed by atoms with van der Waals surface area (Å²) in [6.07, 6.45) is 3.75. The lowest BCUT2D eigenvalue weighted by molar-refractivity contribution is -0.146. The second-order valence-electron chi connectivity index (χ2n) is 6.90. The summed E-state index contributed by atoms with van der Waals surface area (Å²) >= 11 is 0. The summed E-state index contributed by atoms with van der Waals surface area (Å²) in [5, 5.41) is 8.13. The van der Waals surface area contributed by atoms with Crippen LogP contribution in [0.4, 0.5) is 4.39 Å². The van der Waals surface area contributed by atoms with Crippen molar-refractivity contribution in [3.63, 3.8) is 0 Å². The first-order valence-corrected chi connectivity index (χ1v) is 8.67. The van der Waals surface area contributed by atoms with Gasteiger partial charge in [-0.15, -0.1) is 10.2 Å². The van der Waals surface area contributed by atoms with E-state index >= 15 is 0 Å². The average Bonchev–Trinajstić information content (AvgIpc) is 3.22. The third kappa shape index (κ3) is 2.82. The van der Waals surface area contributed by atoms with Crippen molar-refractivity contribution in [1.82, 2.24) is 20.0 Å². The zero-order valence-corrected chi connectivity index (χ0v) is 14.2. The minimum absolute atomic E-state index is 0.195. The average molecular weight is 344 g/mol. The minimum atomic E-state index is -0.430. The van der Waals surface area contributed by atoms with E-state index in [9.17, 15) is 9.18 Å². The van der Waals surface area contributed by atoms with E-state index in [1.165, 1.54) is 12.1 Å². The third-order valence-electron chi connectivity index (χ3n) is 5.32. The van der Waals surface area contributed by atoms with E-state index in [1.54, 1.807) is 12.1 Å². The first-order valence-electron chi connectivity index (χ1n) is 8.67. The van der Waals surface area contributed by atoms with Crippen LogP contribution in [0.25, 0.3) is 11.5 Å².